The van der Waals surface area contributed by atoms with Gasteiger partial charge in [-0.15, -0.1) is 0 Å². The molecule has 4 nitrogen and oxygen atoms in total. The van der Waals surface area contributed by atoms with Gasteiger partial charge in [-0.2, -0.15) is 0 Å². The van der Waals surface area contributed by atoms with Gasteiger partial charge in [0.15, 0.2) is 5.91 Å². The van der Waals surface area contributed by atoms with Crippen LogP contribution in [0.1, 0.15) is 13.8 Å². The first kappa shape index (κ1) is 12.1. The Morgan fingerprint density at radius 1 is 1.36 bits per heavy atom. The van der Waals surface area contributed by atoms with E-state index in [1.165, 1.54) is 0 Å². The zero-order chi connectivity index (χ0) is 10.4. The Bertz CT molecular complexity index is 146. The molecule has 0 bridgehead atoms. The third kappa shape index (κ3) is 4.52. The number of hydrogen-bond acceptors (Lipinski definition) is 4. The van der Waals surface area contributed by atoms with Crippen molar-refractivity contribution in [3.63, 3.8) is 0 Å². The van der Waals surface area contributed by atoms with Crippen LogP contribution in [-0.4, -0.2) is 47.5 Å². The van der Waals surface area contributed by atoms with E-state index in [2.05, 4.69) is 6.55 Å². The van der Waals surface area contributed by atoms with Crippen molar-refractivity contribution in [3.8, 4) is 0 Å². The van der Waals surface area contributed by atoms with E-state index in [0.717, 1.165) is 6.61 Å². The minimum Gasteiger partial charge on any atom is -0.412 e. The molecule has 0 radical (unpaired) electrons. The molecule has 1 aliphatic heterocycles. The molecule has 1 rings (SSSR count). The predicted molar refractivity (Wildman–Crippen MR) is 55.7 cm³/mol. The van der Waals surface area contributed by atoms with Gasteiger partial charge >= 0.3 is 0 Å². The Kier molecular flexibility index (Phi) is 5.65. The highest BCUT2D eigenvalue weighted by Gasteiger charge is 2.27. The lowest BCUT2D eigenvalue weighted by Crippen LogP contribution is -2.37. The van der Waals surface area contributed by atoms with E-state index in [9.17, 15) is 0 Å². The molecule has 0 saturated carbocycles. The van der Waals surface area contributed by atoms with Gasteiger partial charge in [-0.1, -0.05) is 0 Å². The molecule has 1 aliphatic rings. The van der Waals surface area contributed by atoms with Crippen LogP contribution in [0, 0.1) is 0 Å². The molecule has 84 valence electrons. The lowest BCUT2D eigenvalue weighted by molar-refractivity contribution is -0.0937. The van der Waals surface area contributed by atoms with Crippen molar-refractivity contribution in [1.29, 1.82) is 0 Å². The number of rotatable bonds is 8. The van der Waals surface area contributed by atoms with Crippen LogP contribution >= 0.6 is 0 Å². The third-order valence-electron chi connectivity index (χ3n) is 1.99. The van der Waals surface area contributed by atoms with Crippen molar-refractivity contribution in [1.82, 2.24) is 0 Å². The topological polar surface area (TPSA) is 40.2 Å². The molecule has 0 aliphatic carbocycles. The molecule has 0 amide bonds. The molecular weight excluding hydrogens is 200 g/mol. The second kappa shape index (κ2) is 6.52. The lowest BCUT2D eigenvalue weighted by atomic mass is 10.5. The van der Waals surface area contributed by atoms with E-state index in [4.69, 9.17) is 18.6 Å². The summed E-state index contributed by atoms with van der Waals surface area (Å²) in [7, 11) is -1.39. The fraction of sp³-hybridized carbons (Fsp3) is 1.00. The molecule has 2 unspecified atom stereocenters. The van der Waals surface area contributed by atoms with Gasteiger partial charge in [0.1, 0.15) is 6.10 Å². The van der Waals surface area contributed by atoms with Gasteiger partial charge in [-0.3, -0.25) is 0 Å². The summed E-state index contributed by atoms with van der Waals surface area (Å²) in [6, 6.07) is 0. The maximum absolute atomic E-state index is 5.70. The summed E-state index contributed by atoms with van der Waals surface area (Å²) in [4.78, 5) is 0. The summed E-state index contributed by atoms with van der Waals surface area (Å²) in [5.41, 5.74) is 0. The number of epoxide rings is 1. The fourth-order valence-corrected chi connectivity index (χ4v) is 2.75. The molecule has 0 aromatic carbocycles. The van der Waals surface area contributed by atoms with E-state index in [0.29, 0.717) is 25.9 Å². The van der Waals surface area contributed by atoms with Crippen molar-refractivity contribution in [2.75, 3.05) is 26.4 Å². The molecule has 1 fully saturated rings. The summed E-state index contributed by atoms with van der Waals surface area (Å²) in [5, 5.41) is 0. The van der Waals surface area contributed by atoms with Gasteiger partial charge in [0.2, 0.25) is 9.04 Å². The maximum Gasteiger partial charge on any atom is 0.235 e. The zero-order valence-electron chi connectivity index (χ0n) is 9.19. The van der Waals surface area contributed by atoms with Crippen LogP contribution in [-0.2, 0) is 18.6 Å². The highest BCUT2D eigenvalue weighted by Crippen LogP contribution is 2.11. The number of hydrogen-bond donors (Lipinski definition) is 0. The highest BCUT2D eigenvalue weighted by atomic mass is 28.3. The first-order valence-corrected chi connectivity index (χ1v) is 7.53. The fourth-order valence-electron chi connectivity index (χ4n) is 1.15. The molecule has 0 spiro atoms. The summed E-state index contributed by atoms with van der Waals surface area (Å²) in [5.74, 6) is -0.122. The molecule has 14 heavy (non-hydrogen) atoms. The van der Waals surface area contributed by atoms with Crippen LogP contribution in [0.25, 0.3) is 0 Å². The van der Waals surface area contributed by atoms with Gasteiger partial charge in [-0.05, 0) is 20.4 Å². The molecule has 1 heterocycles. The monoisotopic (exact) mass is 220 g/mol. The molecule has 0 aromatic heterocycles. The molecule has 2 atom stereocenters. The van der Waals surface area contributed by atoms with Crippen molar-refractivity contribution in [2.45, 2.75) is 32.4 Å². The first-order chi connectivity index (χ1) is 6.77. The lowest BCUT2D eigenvalue weighted by Gasteiger charge is -2.22. The van der Waals surface area contributed by atoms with Gasteiger partial charge in [0.25, 0.3) is 0 Å². The Labute approximate surface area is 87.2 Å². The minimum absolute atomic E-state index is 0.122. The van der Waals surface area contributed by atoms with Crippen LogP contribution in [0.5, 0.6) is 0 Å². The van der Waals surface area contributed by atoms with Gasteiger partial charge < -0.3 is 18.6 Å². The minimum atomic E-state index is -1.39. The molecule has 1 saturated heterocycles. The summed E-state index contributed by atoms with van der Waals surface area (Å²) in [6.07, 6.45) is 0.328. The van der Waals surface area contributed by atoms with Crippen LogP contribution < -0.4 is 0 Å². The van der Waals surface area contributed by atoms with Crippen molar-refractivity contribution < 1.29 is 18.6 Å². The Morgan fingerprint density at radius 3 is 2.36 bits per heavy atom. The van der Waals surface area contributed by atoms with Crippen LogP contribution in [0.3, 0.4) is 0 Å². The van der Waals surface area contributed by atoms with Gasteiger partial charge in [-0.25, -0.2) is 0 Å². The van der Waals surface area contributed by atoms with Gasteiger partial charge in [0.05, 0.1) is 13.2 Å². The van der Waals surface area contributed by atoms with E-state index >= 15 is 0 Å². The van der Waals surface area contributed by atoms with Gasteiger partial charge in [0, 0.05) is 13.2 Å². The highest BCUT2D eigenvalue weighted by molar-refractivity contribution is 6.51. The summed E-state index contributed by atoms with van der Waals surface area (Å²) in [6.45, 7) is 8.92. The molecule has 0 aromatic rings. The second-order valence-corrected chi connectivity index (χ2v) is 5.56. The Hall–Kier alpha value is 0.0569. The van der Waals surface area contributed by atoms with Crippen LogP contribution in [0.4, 0.5) is 0 Å². The summed E-state index contributed by atoms with van der Waals surface area (Å²) >= 11 is 0. The normalized spacial score (nSPS) is 22.7. The van der Waals surface area contributed by atoms with E-state index < -0.39 is 9.04 Å². The second-order valence-electron chi connectivity index (χ2n) is 3.27. The summed E-state index contributed by atoms with van der Waals surface area (Å²) < 4.78 is 21.7. The maximum atomic E-state index is 5.70. The molecular formula is C9H20O4Si. The van der Waals surface area contributed by atoms with E-state index in [1.54, 1.807) is 0 Å². The first-order valence-electron chi connectivity index (χ1n) is 5.24. The largest absolute Gasteiger partial charge is 0.412 e. The number of ether oxygens (including phenoxy) is 3. The average Bonchev–Trinajstić information content (AvgIpc) is 2.97. The quantitative estimate of drug-likeness (QED) is 0.343. The zero-order valence-corrected chi connectivity index (χ0v) is 10.3. The smallest absolute Gasteiger partial charge is 0.235 e. The SMILES string of the molecule is CCOC(OCC)[SiH](C)OCC1CO1. The Morgan fingerprint density at radius 2 is 1.93 bits per heavy atom. The molecule has 0 N–H and O–H groups in total. The van der Waals surface area contributed by atoms with Crippen molar-refractivity contribution in [2.24, 2.45) is 0 Å². The standard InChI is InChI=1S/C9H20O4Si/c1-4-10-9(11-5-2)14(3)13-7-8-6-12-8/h8-9,14H,4-7H2,1-3H3. The van der Waals surface area contributed by atoms with Crippen LogP contribution in [0.2, 0.25) is 6.55 Å². The molecule has 5 heteroatoms. The van der Waals surface area contributed by atoms with Crippen molar-refractivity contribution in [3.05, 3.63) is 0 Å². The van der Waals surface area contributed by atoms with E-state index in [1.807, 2.05) is 13.8 Å². The van der Waals surface area contributed by atoms with Crippen LogP contribution in [0.15, 0.2) is 0 Å². The Balaban J connectivity index is 2.16. The third-order valence-corrected chi connectivity index (χ3v) is 3.86. The van der Waals surface area contributed by atoms with E-state index in [-0.39, 0.29) is 5.91 Å². The van der Waals surface area contributed by atoms with Crippen molar-refractivity contribution >= 4 is 9.04 Å². The predicted octanol–water partition coefficient (Wildman–Crippen LogP) is 0.694. The average molecular weight is 220 g/mol.